The molecule has 0 saturated heterocycles. The number of aromatic nitrogens is 2. The van der Waals surface area contributed by atoms with Crippen LogP contribution < -0.4 is 10.5 Å². The number of rotatable bonds is 2. The molecule has 0 atom stereocenters. The van der Waals surface area contributed by atoms with Gasteiger partial charge in [-0.1, -0.05) is 15.9 Å². The summed E-state index contributed by atoms with van der Waals surface area (Å²) in [5, 5.41) is 0. The van der Waals surface area contributed by atoms with Gasteiger partial charge in [-0.05, 0) is 53.2 Å². The summed E-state index contributed by atoms with van der Waals surface area (Å²) in [5.41, 5.74) is 9.73. The summed E-state index contributed by atoms with van der Waals surface area (Å²) in [6, 6.07) is 9.68. The number of fused-ring (bicyclic) bond motifs is 1. The van der Waals surface area contributed by atoms with E-state index in [1.165, 1.54) is 0 Å². The van der Waals surface area contributed by atoms with Crippen LogP contribution in [0.25, 0.3) is 16.9 Å². The van der Waals surface area contributed by atoms with Crippen LogP contribution in [0.2, 0.25) is 0 Å². The van der Waals surface area contributed by atoms with Gasteiger partial charge in [0.05, 0.1) is 7.11 Å². The van der Waals surface area contributed by atoms with Crippen LogP contribution in [0, 0.1) is 6.92 Å². The lowest BCUT2D eigenvalue weighted by Crippen LogP contribution is -1.99. The second kappa shape index (κ2) is 5.35. The summed E-state index contributed by atoms with van der Waals surface area (Å²) in [6.07, 6.45) is 0. The van der Waals surface area contributed by atoms with Crippen molar-refractivity contribution < 1.29 is 4.74 Å². The number of anilines is 1. The third-order valence-electron chi connectivity index (χ3n) is 3.42. The number of nitrogen functional groups attached to an aromatic ring is 1. The standard InChI is InChI=1S/C15H13Br2N3O/c1-8-11(17)4-6-13-19-14(15(18)20(8)13)10-7-9(16)3-5-12(10)21-2/h3-7H,18H2,1-2H3. The van der Waals surface area contributed by atoms with Gasteiger partial charge >= 0.3 is 0 Å². The van der Waals surface area contributed by atoms with Crippen LogP contribution >= 0.6 is 31.9 Å². The number of nitrogens with two attached hydrogens (primary N) is 1. The Morgan fingerprint density at radius 3 is 2.67 bits per heavy atom. The van der Waals surface area contributed by atoms with Gasteiger partial charge in [0.15, 0.2) is 0 Å². The van der Waals surface area contributed by atoms with E-state index in [9.17, 15) is 0 Å². The highest BCUT2D eigenvalue weighted by molar-refractivity contribution is 9.10. The molecule has 21 heavy (non-hydrogen) atoms. The zero-order valence-electron chi connectivity index (χ0n) is 11.5. The van der Waals surface area contributed by atoms with E-state index in [2.05, 4.69) is 36.8 Å². The number of hydrogen-bond acceptors (Lipinski definition) is 3. The van der Waals surface area contributed by atoms with Crippen molar-refractivity contribution >= 4 is 43.3 Å². The molecule has 2 heterocycles. The summed E-state index contributed by atoms with van der Waals surface area (Å²) < 4.78 is 9.30. The minimum atomic E-state index is 0.597. The summed E-state index contributed by atoms with van der Waals surface area (Å²) >= 11 is 7.00. The van der Waals surface area contributed by atoms with E-state index in [0.29, 0.717) is 11.5 Å². The van der Waals surface area contributed by atoms with Gasteiger partial charge in [-0.25, -0.2) is 4.98 Å². The molecule has 0 radical (unpaired) electrons. The highest BCUT2D eigenvalue weighted by Gasteiger charge is 2.17. The quantitative estimate of drug-likeness (QED) is 0.679. The Hall–Kier alpha value is -1.53. The topological polar surface area (TPSA) is 52.5 Å². The van der Waals surface area contributed by atoms with E-state index in [0.717, 1.165) is 31.6 Å². The monoisotopic (exact) mass is 409 g/mol. The van der Waals surface area contributed by atoms with E-state index in [1.807, 2.05) is 41.7 Å². The van der Waals surface area contributed by atoms with Gasteiger partial charge < -0.3 is 10.5 Å². The molecule has 0 saturated carbocycles. The number of pyridine rings is 1. The van der Waals surface area contributed by atoms with E-state index in [-0.39, 0.29) is 0 Å². The molecule has 1 aromatic carbocycles. The van der Waals surface area contributed by atoms with Gasteiger partial charge in [-0.3, -0.25) is 4.40 Å². The van der Waals surface area contributed by atoms with Gasteiger partial charge in [-0.2, -0.15) is 0 Å². The highest BCUT2D eigenvalue weighted by Crippen LogP contribution is 2.36. The molecule has 2 N–H and O–H groups in total. The van der Waals surface area contributed by atoms with E-state index >= 15 is 0 Å². The molecular weight excluding hydrogens is 398 g/mol. The number of methoxy groups -OCH3 is 1. The van der Waals surface area contributed by atoms with Crippen LogP contribution in [0.3, 0.4) is 0 Å². The lowest BCUT2D eigenvalue weighted by atomic mass is 10.1. The normalized spacial score (nSPS) is 11.0. The number of ether oxygens (including phenoxy) is 1. The van der Waals surface area contributed by atoms with E-state index in [1.54, 1.807) is 7.11 Å². The Kier molecular flexibility index (Phi) is 3.67. The largest absolute Gasteiger partial charge is 0.496 e. The molecule has 0 bridgehead atoms. The molecule has 6 heteroatoms. The Labute approximate surface area is 139 Å². The van der Waals surface area contributed by atoms with Gasteiger partial charge in [0, 0.05) is 20.2 Å². The molecule has 3 rings (SSSR count). The van der Waals surface area contributed by atoms with Crippen LogP contribution in [0.15, 0.2) is 39.3 Å². The minimum Gasteiger partial charge on any atom is -0.496 e. The van der Waals surface area contributed by atoms with Gasteiger partial charge in [0.2, 0.25) is 0 Å². The predicted molar refractivity (Wildman–Crippen MR) is 91.7 cm³/mol. The molecule has 108 valence electrons. The number of imidazole rings is 1. The molecular formula is C15H13Br2N3O. The number of aryl methyl sites for hydroxylation is 1. The molecule has 0 aliphatic rings. The van der Waals surface area contributed by atoms with Gasteiger partial charge in [0.1, 0.15) is 22.9 Å². The van der Waals surface area contributed by atoms with E-state index < -0.39 is 0 Å². The molecule has 0 spiro atoms. The zero-order chi connectivity index (χ0) is 15.1. The van der Waals surface area contributed by atoms with Crippen LogP contribution in [0.5, 0.6) is 5.75 Å². The van der Waals surface area contributed by atoms with Crippen molar-refractivity contribution in [2.24, 2.45) is 0 Å². The van der Waals surface area contributed by atoms with Crippen molar-refractivity contribution in [3.8, 4) is 17.0 Å². The first-order valence-electron chi connectivity index (χ1n) is 6.30. The Morgan fingerprint density at radius 2 is 1.95 bits per heavy atom. The summed E-state index contributed by atoms with van der Waals surface area (Å²) in [5.74, 6) is 1.34. The third-order valence-corrected chi connectivity index (χ3v) is 4.75. The van der Waals surface area contributed by atoms with Gasteiger partial charge in [-0.15, -0.1) is 0 Å². The minimum absolute atomic E-state index is 0.597. The molecule has 0 fully saturated rings. The highest BCUT2D eigenvalue weighted by atomic mass is 79.9. The van der Waals surface area contributed by atoms with Crippen molar-refractivity contribution in [3.63, 3.8) is 0 Å². The molecule has 4 nitrogen and oxygen atoms in total. The fourth-order valence-corrected chi connectivity index (χ4v) is 3.02. The zero-order valence-corrected chi connectivity index (χ0v) is 14.7. The fraction of sp³-hybridized carbons (Fsp3) is 0.133. The third kappa shape index (κ3) is 2.32. The average molecular weight is 411 g/mol. The van der Waals surface area contributed by atoms with Crippen molar-refractivity contribution in [3.05, 3.63) is 45.0 Å². The number of benzene rings is 1. The number of nitrogens with zero attached hydrogens (tertiary/aromatic N) is 2. The Bertz CT molecular complexity index is 843. The maximum atomic E-state index is 6.32. The van der Waals surface area contributed by atoms with E-state index in [4.69, 9.17) is 10.5 Å². The van der Waals surface area contributed by atoms with Crippen LogP contribution in [0.1, 0.15) is 5.69 Å². The van der Waals surface area contributed by atoms with Gasteiger partial charge in [0.25, 0.3) is 0 Å². The smallest absolute Gasteiger partial charge is 0.139 e. The first kappa shape index (κ1) is 14.4. The van der Waals surface area contributed by atoms with Crippen LogP contribution in [-0.4, -0.2) is 16.5 Å². The lowest BCUT2D eigenvalue weighted by molar-refractivity contribution is 0.416. The van der Waals surface area contributed by atoms with Crippen molar-refractivity contribution in [2.75, 3.05) is 12.8 Å². The second-order valence-corrected chi connectivity index (χ2v) is 6.42. The van der Waals surface area contributed by atoms with Crippen molar-refractivity contribution in [1.29, 1.82) is 0 Å². The first-order valence-corrected chi connectivity index (χ1v) is 7.88. The molecule has 0 unspecified atom stereocenters. The average Bonchev–Trinajstić information content (AvgIpc) is 2.80. The maximum Gasteiger partial charge on any atom is 0.139 e. The van der Waals surface area contributed by atoms with Crippen molar-refractivity contribution in [1.82, 2.24) is 9.38 Å². The number of halogens is 2. The first-order chi connectivity index (χ1) is 10.0. The predicted octanol–water partition coefficient (Wildman–Crippen LogP) is 4.43. The maximum absolute atomic E-state index is 6.32. The molecule has 0 aliphatic carbocycles. The molecule has 0 amide bonds. The fourth-order valence-electron chi connectivity index (χ4n) is 2.35. The SMILES string of the molecule is COc1ccc(Br)cc1-c1nc2ccc(Br)c(C)n2c1N. The van der Waals surface area contributed by atoms with Crippen molar-refractivity contribution in [2.45, 2.75) is 6.92 Å². The Morgan fingerprint density at radius 1 is 1.19 bits per heavy atom. The second-order valence-electron chi connectivity index (χ2n) is 4.65. The Balaban J connectivity index is 2.34. The summed E-state index contributed by atoms with van der Waals surface area (Å²) in [4.78, 5) is 4.65. The molecule has 2 aromatic heterocycles. The van der Waals surface area contributed by atoms with Crippen LogP contribution in [0.4, 0.5) is 5.82 Å². The summed E-state index contributed by atoms with van der Waals surface area (Å²) in [7, 11) is 1.64. The summed E-state index contributed by atoms with van der Waals surface area (Å²) in [6.45, 7) is 2.00. The lowest BCUT2D eigenvalue weighted by Gasteiger charge is -2.08. The number of hydrogen-bond donors (Lipinski definition) is 1. The molecule has 3 aromatic rings. The molecule has 0 aliphatic heterocycles. The van der Waals surface area contributed by atoms with Crippen LogP contribution in [-0.2, 0) is 0 Å².